The summed E-state index contributed by atoms with van der Waals surface area (Å²) in [5.74, 6) is -2.05. The normalized spacial score (nSPS) is 11.0. The van der Waals surface area contributed by atoms with Crippen molar-refractivity contribution in [2.45, 2.75) is 20.5 Å². The quantitative estimate of drug-likeness (QED) is 0.467. The Morgan fingerprint density at radius 3 is 2.56 bits per heavy atom. The number of hydrogen-bond donors (Lipinski definition) is 1. The molecule has 1 N–H and O–H groups in total. The van der Waals surface area contributed by atoms with E-state index in [2.05, 4.69) is 4.90 Å². The number of fused-ring (bicyclic) bond motifs is 1. The maximum Gasteiger partial charge on any atom is 0.336 e. The minimum Gasteiger partial charge on any atom is -0.478 e. The Bertz CT molecular complexity index is 863. The molecule has 0 radical (unpaired) electrons. The van der Waals surface area contributed by atoms with Crippen molar-refractivity contribution in [1.82, 2.24) is 0 Å². The molecule has 0 saturated carbocycles. The molecule has 25 heavy (non-hydrogen) atoms. The zero-order valence-corrected chi connectivity index (χ0v) is 14.0. The third-order valence-electron chi connectivity index (χ3n) is 3.67. The fourth-order valence-electron chi connectivity index (χ4n) is 2.46. The summed E-state index contributed by atoms with van der Waals surface area (Å²) in [6.07, 6.45) is 1.50. The maximum atomic E-state index is 11.8. The lowest BCUT2D eigenvalue weighted by Gasteiger charge is -2.21. The number of carboxylic acids is 1. The van der Waals surface area contributed by atoms with Gasteiger partial charge in [0.15, 0.2) is 0 Å². The van der Waals surface area contributed by atoms with Crippen LogP contribution >= 0.6 is 0 Å². The highest BCUT2D eigenvalue weighted by Crippen LogP contribution is 2.24. The molecule has 1 heterocycles. The number of carboxylic acid groups (broad SMARTS) is 1. The smallest absolute Gasteiger partial charge is 0.336 e. The summed E-state index contributed by atoms with van der Waals surface area (Å²) in [6.45, 7) is 5.54. The summed E-state index contributed by atoms with van der Waals surface area (Å²) < 4.78 is 10.2. The Kier molecular flexibility index (Phi) is 5.94. The number of nitrogens with zero attached hydrogens (tertiary/aromatic N) is 1. The number of carbonyl (C=O) groups excluding carboxylic acids is 1. The fraction of sp³-hybridized carbons (Fsp3) is 0.278. The summed E-state index contributed by atoms with van der Waals surface area (Å²) in [5.41, 5.74) is 1.29. The van der Waals surface area contributed by atoms with Crippen LogP contribution in [0.25, 0.3) is 11.0 Å². The van der Waals surface area contributed by atoms with Crippen LogP contribution in [0.2, 0.25) is 0 Å². The van der Waals surface area contributed by atoms with Gasteiger partial charge >= 0.3 is 17.6 Å². The molecular weight excluding hydrogens is 326 g/mol. The predicted octanol–water partition coefficient (Wildman–Crippen LogP) is 2.32. The van der Waals surface area contributed by atoms with E-state index in [1.165, 1.54) is 6.07 Å². The fourth-order valence-corrected chi connectivity index (χ4v) is 2.46. The standard InChI is InChI=1S/C18H19NO6/c1-3-19(4-2)13-5-6-14-12(9-18(23)25-15(14)10-13)11-24-17(22)8-7-16(20)21/h5-10H,3-4,11H2,1-2H3,(H,20,21)/b8-7+. The number of esters is 1. The molecule has 0 spiro atoms. The molecule has 0 atom stereocenters. The van der Waals surface area contributed by atoms with E-state index in [1.807, 2.05) is 26.0 Å². The van der Waals surface area contributed by atoms with Gasteiger partial charge < -0.3 is 19.2 Å². The molecule has 0 aliphatic carbocycles. The average molecular weight is 345 g/mol. The SMILES string of the molecule is CCN(CC)c1ccc2c(COC(=O)/C=C/C(=O)O)cc(=O)oc2c1. The summed E-state index contributed by atoms with van der Waals surface area (Å²) in [6, 6.07) is 6.75. The molecule has 0 unspecified atom stereocenters. The zero-order valence-electron chi connectivity index (χ0n) is 14.0. The number of ether oxygens (including phenoxy) is 1. The van der Waals surface area contributed by atoms with Gasteiger partial charge in [0, 0.05) is 54.0 Å². The number of anilines is 1. The molecule has 132 valence electrons. The second-order valence-electron chi connectivity index (χ2n) is 5.22. The lowest BCUT2D eigenvalue weighted by Crippen LogP contribution is -2.21. The van der Waals surface area contributed by atoms with E-state index in [4.69, 9.17) is 14.3 Å². The van der Waals surface area contributed by atoms with E-state index in [1.54, 1.807) is 6.07 Å². The van der Waals surface area contributed by atoms with Gasteiger partial charge in [0.05, 0.1) is 0 Å². The number of rotatable bonds is 7. The Hall–Kier alpha value is -3.09. The van der Waals surface area contributed by atoms with E-state index < -0.39 is 17.6 Å². The molecule has 0 bridgehead atoms. The number of hydrogen-bond acceptors (Lipinski definition) is 6. The van der Waals surface area contributed by atoms with Crippen molar-refractivity contribution in [3.8, 4) is 0 Å². The summed E-state index contributed by atoms with van der Waals surface area (Å²) in [7, 11) is 0. The Morgan fingerprint density at radius 2 is 1.92 bits per heavy atom. The van der Waals surface area contributed by atoms with Crippen molar-refractivity contribution >= 4 is 28.6 Å². The van der Waals surface area contributed by atoms with Gasteiger partial charge in [-0.2, -0.15) is 0 Å². The van der Waals surface area contributed by atoms with Crippen LogP contribution in [0.1, 0.15) is 19.4 Å². The maximum absolute atomic E-state index is 11.8. The topological polar surface area (TPSA) is 97.0 Å². The van der Waals surface area contributed by atoms with Crippen LogP contribution in [0, 0.1) is 0 Å². The largest absolute Gasteiger partial charge is 0.478 e. The second-order valence-corrected chi connectivity index (χ2v) is 5.22. The first-order valence-electron chi connectivity index (χ1n) is 7.84. The van der Waals surface area contributed by atoms with E-state index in [0.717, 1.165) is 24.9 Å². The molecule has 2 rings (SSSR count). The second kappa shape index (κ2) is 8.14. The molecule has 7 nitrogen and oxygen atoms in total. The molecule has 0 saturated heterocycles. The first-order chi connectivity index (χ1) is 11.9. The van der Waals surface area contributed by atoms with Crippen molar-refractivity contribution in [3.05, 3.63) is 52.4 Å². The lowest BCUT2D eigenvalue weighted by molar-refractivity contribution is -0.139. The van der Waals surface area contributed by atoms with Crippen LogP contribution in [-0.2, 0) is 20.9 Å². The third-order valence-corrected chi connectivity index (χ3v) is 3.67. The van der Waals surface area contributed by atoms with Gasteiger partial charge in [-0.05, 0) is 26.0 Å². The zero-order chi connectivity index (χ0) is 18.4. The van der Waals surface area contributed by atoms with Gasteiger partial charge in [-0.15, -0.1) is 0 Å². The monoisotopic (exact) mass is 345 g/mol. The van der Waals surface area contributed by atoms with Crippen LogP contribution in [0.5, 0.6) is 0 Å². The van der Waals surface area contributed by atoms with Gasteiger partial charge in [0.25, 0.3) is 0 Å². The minimum absolute atomic E-state index is 0.157. The van der Waals surface area contributed by atoms with Crippen molar-refractivity contribution in [3.63, 3.8) is 0 Å². The Balaban J connectivity index is 2.30. The molecule has 1 aromatic carbocycles. The average Bonchev–Trinajstić information content (AvgIpc) is 2.58. The first kappa shape index (κ1) is 18.3. The lowest BCUT2D eigenvalue weighted by atomic mass is 10.1. The number of aliphatic carboxylic acids is 1. The third kappa shape index (κ3) is 4.69. The number of benzene rings is 1. The molecule has 0 amide bonds. The Labute approximate surface area is 144 Å². The summed E-state index contributed by atoms with van der Waals surface area (Å²) in [5, 5.41) is 9.14. The first-order valence-corrected chi connectivity index (χ1v) is 7.84. The van der Waals surface area contributed by atoms with E-state index in [-0.39, 0.29) is 6.61 Å². The van der Waals surface area contributed by atoms with E-state index in [9.17, 15) is 14.4 Å². The molecule has 0 aliphatic heterocycles. The molecular formula is C18H19NO6. The summed E-state index contributed by atoms with van der Waals surface area (Å²) in [4.78, 5) is 35.7. The van der Waals surface area contributed by atoms with Crippen molar-refractivity contribution in [1.29, 1.82) is 0 Å². The van der Waals surface area contributed by atoms with Gasteiger partial charge in [0.1, 0.15) is 12.2 Å². The number of carbonyl (C=O) groups is 2. The van der Waals surface area contributed by atoms with Crippen molar-refractivity contribution in [2.75, 3.05) is 18.0 Å². The van der Waals surface area contributed by atoms with Gasteiger partial charge in [0.2, 0.25) is 0 Å². The van der Waals surface area contributed by atoms with Gasteiger partial charge in [-0.1, -0.05) is 0 Å². The highest BCUT2D eigenvalue weighted by molar-refractivity contribution is 5.91. The van der Waals surface area contributed by atoms with Crippen LogP contribution in [-0.4, -0.2) is 30.1 Å². The van der Waals surface area contributed by atoms with Crippen LogP contribution in [0.3, 0.4) is 0 Å². The van der Waals surface area contributed by atoms with Crippen LogP contribution in [0.4, 0.5) is 5.69 Å². The predicted molar refractivity (Wildman–Crippen MR) is 92.6 cm³/mol. The molecule has 7 heteroatoms. The van der Waals surface area contributed by atoms with Gasteiger partial charge in [-0.3, -0.25) is 0 Å². The van der Waals surface area contributed by atoms with Crippen molar-refractivity contribution in [2.24, 2.45) is 0 Å². The van der Waals surface area contributed by atoms with Gasteiger partial charge in [-0.25, -0.2) is 14.4 Å². The van der Waals surface area contributed by atoms with E-state index >= 15 is 0 Å². The van der Waals surface area contributed by atoms with Crippen LogP contribution < -0.4 is 10.5 Å². The van der Waals surface area contributed by atoms with Crippen molar-refractivity contribution < 1.29 is 23.8 Å². The highest BCUT2D eigenvalue weighted by atomic mass is 16.5. The minimum atomic E-state index is -1.24. The highest BCUT2D eigenvalue weighted by Gasteiger charge is 2.10. The molecule has 1 aromatic heterocycles. The summed E-state index contributed by atoms with van der Waals surface area (Å²) >= 11 is 0. The van der Waals surface area contributed by atoms with Crippen LogP contribution in [0.15, 0.2) is 45.6 Å². The molecule has 2 aromatic rings. The van der Waals surface area contributed by atoms with E-state index in [0.29, 0.717) is 22.6 Å². The molecule has 0 aliphatic rings. The molecule has 0 fully saturated rings. The Morgan fingerprint density at radius 1 is 1.20 bits per heavy atom.